The quantitative estimate of drug-likeness (QED) is 0.633. The topological polar surface area (TPSA) is 34.0 Å². The predicted molar refractivity (Wildman–Crippen MR) is 77.9 cm³/mol. The Morgan fingerprint density at radius 3 is 1.78 bits per heavy atom. The highest BCUT2D eigenvalue weighted by molar-refractivity contribution is 4.79. The van der Waals surface area contributed by atoms with E-state index in [0.29, 0.717) is 0 Å². The molecule has 0 aromatic carbocycles. The van der Waals surface area contributed by atoms with Crippen molar-refractivity contribution in [3.63, 3.8) is 0 Å². The number of methoxy groups -OCH3 is 1. The van der Waals surface area contributed by atoms with Crippen LogP contribution in [0.5, 0.6) is 0 Å². The third kappa shape index (κ3) is 8.62. The third-order valence-electron chi connectivity index (χ3n) is 2.67. The summed E-state index contributed by atoms with van der Waals surface area (Å²) >= 11 is 0. The van der Waals surface area contributed by atoms with Gasteiger partial charge in [0.05, 0.1) is 6.04 Å². The van der Waals surface area contributed by atoms with Gasteiger partial charge in [0.25, 0.3) is 0 Å². The van der Waals surface area contributed by atoms with Gasteiger partial charge in [-0.05, 0) is 31.1 Å². The monoisotopic (exact) mass is 256 g/mol. The van der Waals surface area contributed by atoms with Gasteiger partial charge in [0.1, 0.15) is 0 Å². The van der Waals surface area contributed by atoms with Gasteiger partial charge in [-0.15, -0.1) is 0 Å². The van der Waals surface area contributed by atoms with Crippen molar-refractivity contribution in [2.75, 3.05) is 7.11 Å². The van der Waals surface area contributed by atoms with Crippen LogP contribution in [0.4, 0.5) is 0 Å². The molecule has 0 aliphatic heterocycles. The molecule has 0 bridgehead atoms. The fourth-order valence-corrected chi connectivity index (χ4v) is 2.28. The molecule has 0 N–H and O–H groups in total. The number of hydrogen-bond donors (Lipinski definition) is 0. The van der Waals surface area contributed by atoms with Crippen molar-refractivity contribution < 1.29 is 4.74 Å². The molecule has 0 saturated heterocycles. The van der Waals surface area contributed by atoms with Crippen molar-refractivity contribution in [3.05, 3.63) is 0 Å². The lowest BCUT2D eigenvalue weighted by Gasteiger charge is -2.30. The fraction of sp³-hybridized carbons (Fsp3) is 1.00. The summed E-state index contributed by atoms with van der Waals surface area (Å²) in [5.74, 6) is 0. The molecule has 0 aliphatic rings. The number of nitrogens with zero attached hydrogens (tertiary/aromatic N) is 2. The van der Waals surface area contributed by atoms with E-state index in [-0.39, 0.29) is 16.9 Å². The van der Waals surface area contributed by atoms with Crippen LogP contribution in [-0.4, -0.2) is 18.9 Å². The van der Waals surface area contributed by atoms with Gasteiger partial charge in [0, 0.05) is 13.5 Å². The molecule has 0 heterocycles. The van der Waals surface area contributed by atoms with Crippen molar-refractivity contribution in [1.82, 2.24) is 0 Å². The average molecular weight is 256 g/mol. The first-order valence-electron chi connectivity index (χ1n) is 6.84. The summed E-state index contributed by atoms with van der Waals surface area (Å²) in [4.78, 5) is 0. The first kappa shape index (κ1) is 17.6. The van der Waals surface area contributed by atoms with E-state index in [1.54, 1.807) is 7.11 Å². The van der Waals surface area contributed by atoms with Crippen LogP contribution in [-0.2, 0) is 4.74 Å². The van der Waals surface area contributed by atoms with Crippen molar-refractivity contribution in [2.45, 2.75) is 80.0 Å². The second-order valence-electron chi connectivity index (χ2n) is 7.95. The van der Waals surface area contributed by atoms with E-state index in [2.05, 4.69) is 58.7 Å². The maximum atomic E-state index is 5.53. The molecule has 3 heteroatoms. The van der Waals surface area contributed by atoms with E-state index in [9.17, 15) is 0 Å². The molecule has 2 unspecified atom stereocenters. The SMILES string of the molecule is COC(C)(CC(C)(C)C)N=NC(C)CC(C)(C)C. The Morgan fingerprint density at radius 2 is 1.44 bits per heavy atom. The summed E-state index contributed by atoms with van der Waals surface area (Å²) in [6, 6.07) is 0.236. The lowest BCUT2D eigenvalue weighted by molar-refractivity contribution is -0.0247. The van der Waals surface area contributed by atoms with E-state index in [1.165, 1.54) is 0 Å². The van der Waals surface area contributed by atoms with Crippen LogP contribution in [0.3, 0.4) is 0 Å². The Morgan fingerprint density at radius 1 is 0.944 bits per heavy atom. The molecule has 0 aliphatic carbocycles. The molecule has 0 radical (unpaired) electrons. The van der Waals surface area contributed by atoms with Crippen LogP contribution in [0.1, 0.15) is 68.2 Å². The zero-order valence-corrected chi connectivity index (χ0v) is 13.8. The van der Waals surface area contributed by atoms with Gasteiger partial charge in [-0.2, -0.15) is 10.2 Å². The Labute approximate surface area is 113 Å². The van der Waals surface area contributed by atoms with Gasteiger partial charge in [-0.1, -0.05) is 41.5 Å². The Kier molecular flexibility index (Phi) is 5.99. The molecular weight excluding hydrogens is 224 g/mol. The first-order valence-corrected chi connectivity index (χ1v) is 6.84. The molecule has 18 heavy (non-hydrogen) atoms. The molecule has 0 aromatic rings. The zero-order valence-electron chi connectivity index (χ0n) is 13.8. The van der Waals surface area contributed by atoms with Gasteiger partial charge in [0.15, 0.2) is 5.72 Å². The van der Waals surface area contributed by atoms with Gasteiger partial charge >= 0.3 is 0 Å². The fourth-order valence-electron chi connectivity index (χ4n) is 2.28. The van der Waals surface area contributed by atoms with Crippen molar-refractivity contribution in [3.8, 4) is 0 Å². The van der Waals surface area contributed by atoms with Gasteiger partial charge in [-0.25, -0.2) is 0 Å². The molecule has 3 nitrogen and oxygen atoms in total. The Hall–Kier alpha value is -0.440. The van der Waals surface area contributed by atoms with Crippen LogP contribution >= 0.6 is 0 Å². The van der Waals surface area contributed by atoms with E-state index < -0.39 is 5.72 Å². The summed E-state index contributed by atoms with van der Waals surface area (Å²) in [5.41, 5.74) is -0.0482. The van der Waals surface area contributed by atoms with Crippen LogP contribution < -0.4 is 0 Å². The summed E-state index contributed by atoms with van der Waals surface area (Å²) in [6.07, 6.45) is 1.90. The predicted octanol–water partition coefficient (Wildman–Crippen LogP) is 5.06. The molecule has 2 atom stereocenters. The maximum Gasteiger partial charge on any atom is 0.176 e. The Bertz CT molecular complexity index is 273. The molecule has 0 rings (SSSR count). The molecule has 0 fully saturated rings. The summed E-state index contributed by atoms with van der Waals surface area (Å²) < 4.78 is 5.53. The zero-order chi connectivity index (χ0) is 14.6. The molecule has 0 saturated carbocycles. The molecule has 108 valence electrons. The van der Waals surface area contributed by atoms with E-state index in [1.807, 2.05) is 6.92 Å². The number of hydrogen-bond acceptors (Lipinski definition) is 3. The summed E-state index contributed by atoms with van der Waals surface area (Å²) in [5, 5.41) is 8.88. The summed E-state index contributed by atoms with van der Waals surface area (Å²) in [7, 11) is 1.71. The lowest BCUT2D eigenvalue weighted by Crippen LogP contribution is -2.30. The normalized spacial score (nSPS) is 18.9. The molecule has 0 amide bonds. The maximum absolute atomic E-state index is 5.53. The van der Waals surface area contributed by atoms with Crippen LogP contribution in [0, 0.1) is 10.8 Å². The van der Waals surface area contributed by atoms with E-state index in [4.69, 9.17) is 4.74 Å². The molecule has 0 aromatic heterocycles. The van der Waals surface area contributed by atoms with Gasteiger partial charge in [0.2, 0.25) is 0 Å². The largest absolute Gasteiger partial charge is 0.356 e. The summed E-state index contributed by atoms with van der Waals surface area (Å²) in [6.45, 7) is 17.4. The standard InChI is InChI=1S/C15H32N2O/c1-12(10-13(2,3)4)16-17-15(8,18-9)11-14(5,6)7/h12H,10-11H2,1-9H3. The van der Waals surface area contributed by atoms with E-state index in [0.717, 1.165) is 12.8 Å². The second kappa shape index (κ2) is 6.14. The van der Waals surface area contributed by atoms with Crippen LogP contribution in [0.2, 0.25) is 0 Å². The van der Waals surface area contributed by atoms with Crippen LogP contribution in [0.15, 0.2) is 10.2 Å². The highest BCUT2D eigenvalue weighted by Crippen LogP contribution is 2.31. The number of azo groups is 1. The van der Waals surface area contributed by atoms with Gasteiger partial charge < -0.3 is 4.74 Å². The van der Waals surface area contributed by atoms with E-state index >= 15 is 0 Å². The first-order chi connectivity index (χ1) is 7.87. The van der Waals surface area contributed by atoms with Gasteiger partial charge in [-0.3, -0.25) is 0 Å². The highest BCUT2D eigenvalue weighted by Gasteiger charge is 2.30. The minimum Gasteiger partial charge on any atom is -0.356 e. The number of rotatable bonds is 5. The Balaban J connectivity index is 4.61. The number of ether oxygens (including phenoxy) is 1. The molecule has 0 spiro atoms. The van der Waals surface area contributed by atoms with Crippen molar-refractivity contribution >= 4 is 0 Å². The second-order valence-corrected chi connectivity index (χ2v) is 7.95. The minimum atomic E-state index is -0.510. The molecular formula is C15H32N2O. The smallest absolute Gasteiger partial charge is 0.176 e. The minimum absolute atomic E-state index is 0.178. The average Bonchev–Trinajstić information content (AvgIpc) is 2.09. The third-order valence-corrected chi connectivity index (χ3v) is 2.67. The lowest BCUT2D eigenvalue weighted by atomic mass is 9.87. The van der Waals surface area contributed by atoms with Crippen LogP contribution in [0.25, 0.3) is 0 Å². The van der Waals surface area contributed by atoms with Crippen molar-refractivity contribution in [1.29, 1.82) is 0 Å². The highest BCUT2D eigenvalue weighted by atomic mass is 16.5. The van der Waals surface area contributed by atoms with Crippen molar-refractivity contribution in [2.24, 2.45) is 21.1 Å².